The van der Waals surface area contributed by atoms with Crippen LogP contribution < -0.4 is 10.2 Å². The first-order chi connectivity index (χ1) is 17.0. The van der Waals surface area contributed by atoms with Crippen LogP contribution in [0.4, 0.5) is 5.69 Å². The number of carbonyl (C=O) groups is 2. The lowest BCUT2D eigenvalue weighted by atomic mass is 10.00. The third kappa shape index (κ3) is 4.34. The number of para-hydroxylation sites is 1. The van der Waals surface area contributed by atoms with Crippen molar-refractivity contribution in [2.75, 3.05) is 10.7 Å². The summed E-state index contributed by atoms with van der Waals surface area (Å²) in [6.45, 7) is 4.69. The van der Waals surface area contributed by atoms with Gasteiger partial charge in [-0.2, -0.15) is 0 Å². The minimum absolute atomic E-state index is 0.0764. The highest BCUT2D eigenvalue weighted by Gasteiger charge is 2.39. The summed E-state index contributed by atoms with van der Waals surface area (Å²) < 4.78 is 2.10. The molecule has 4 aromatic rings. The van der Waals surface area contributed by atoms with E-state index < -0.39 is 6.04 Å². The van der Waals surface area contributed by atoms with Gasteiger partial charge in [-0.3, -0.25) is 14.5 Å². The molecule has 35 heavy (non-hydrogen) atoms. The number of benzene rings is 3. The zero-order valence-corrected chi connectivity index (χ0v) is 21.0. The van der Waals surface area contributed by atoms with Crippen LogP contribution in [-0.4, -0.2) is 22.1 Å². The van der Waals surface area contributed by atoms with E-state index in [1.807, 2.05) is 79.8 Å². The minimum Gasteiger partial charge on any atom is -0.350 e. The van der Waals surface area contributed by atoms with E-state index in [1.165, 1.54) is 17.3 Å². The second-order valence-corrected chi connectivity index (χ2v) is 10.2. The van der Waals surface area contributed by atoms with Crippen LogP contribution in [0.5, 0.6) is 0 Å². The molecule has 2 amide bonds. The Hall–Kier alpha value is -3.51. The molecule has 1 atom stereocenters. The Kier molecular flexibility index (Phi) is 6.39. The van der Waals surface area contributed by atoms with Crippen LogP contribution in [0.2, 0.25) is 0 Å². The van der Waals surface area contributed by atoms with E-state index in [4.69, 9.17) is 0 Å². The van der Waals surface area contributed by atoms with Gasteiger partial charge in [0, 0.05) is 35.7 Å². The Labute approximate surface area is 210 Å². The average molecular weight is 484 g/mol. The minimum atomic E-state index is -0.771. The van der Waals surface area contributed by atoms with Crippen LogP contribution in [0.15, 0.2) is 83.9 Å². The van der Waals surface area contributed by atoms with Gasteiger partial charge >= 0.3 is 0 Å². The molecule has 0 spiro atoms. The van der Waals surface area contributed by atoms with E-state index in [0.717, 1.165) is 32.7 Å². The van der Waals surface area contributed by atoms with Crippen LogP contribution in [0.25, 0.3) is 10.9 Å². The Morgan fingerprint density at radius 2 is 1.69 bits per heavy atom. The summed E-state index contributed by atoms with van der Waals surface area (Å²) in [5, 5.41) is 5.07. The Balaban J connectivity index is 1.63. The van der Waals surface area contributed by atoms with Gasteiger partial charge in [-0.1, -0.05) is 86.3 Å². The summed E-state index contributed by atoms with van der Waals surface area (Å²) in [5.41, 5.74) is 4.89. The van der Waals surface area contributed by atoms with Gasteiger partial charge in [-0.25, -0.2) is 0 Å². The molecule has 0 unspecified atom stereocenters. The van der Waals surface area contributed by atoms with Crippen molar-refractivity contribution < 1.29 is 9.59 Å². The molecule has 6 heteroatoms. The van der Waals surface area contributed by atoms with E-state index in [0.29, 0.717) is 12.5 Å². The van der Waals surface area contributed by atoms with Gasteiger partial charge in [0.1, 0.15) is 6.04 Å². The zero-order chi connectivity index (χ0) is 24.5. The number of hydrogen-bond donors (Lipinski definition) is 1. The molecule has 0 fully saturated rings. The number of hydrogen-bond acceptors (Lipinski definition) is 3. The maximum atomic E-state index is 13.9. The van der Waals surface area contributed by atoms with Gasteiger partial charge < -0.3 is 9.88 Å². The van der Waals surface area contributed by atoms with Crippen LogP contribution in [0.3, 0.4) is 0 Å². The molecule has 178 valence electrons. The van der Waals surface area contributed by atoms with E-state index >= 15 is 0 Å². The number of nitrogens with one attached hydrogen (secondary N) is 1. The molecule has 1 aliphatic rings. The fraction of sp³-hybridized carbons (Fsp3) is 0.241. The number of aromatic nitrogens is 1. The second-order valence-electron chi connectivity index (χ2n) is 9.20. The van der Waals surface area contributed by atoms with Crippen molar-refractivity contribution in [2.45, 2.75) is 37.4 Å². The normalized spacial score (nSPS) is 15.8. The monoisotopic (exact) mass is 483 g/mol. The van der Waals surface area contributed by atoms with E-state index in [2.05, 4.69) is 29.8 Å². The molecule has 0 bridgehead atoms. The van der Waals surface area contributed by atoms with E-state index in [-0.39, 0.29) is 17.6 Å². The van der Waals surface area contributed by atoms with Crippen LogP contribution in [0, 0.1) is 0 Å². The zero-order valence-electron chi connectivity index (χ0n) is 20.2. The SMILES string of the molecule is CC(C)c1ccc(N2C(=O)CSc3c(c4ccccc4n3C)[C@@H]2C(=O)NCc2ccccc2)cc1. The summed E-state index contributed by atoms with van der Waals surface area (Å²) in [6, 6.07) is 25.2. The first-order valence-corrected chi connectivity index (χ1v) is 12.9. The topological polar surface area (TPSA) is 54.3 Å². The summed E-state index contributed by atoms with van der Waals surface area (Å²) in [5.74, 6) is 0.391. The molecule has 2 heterocycles. The molecule has 1 aromatic heterocycles. The fourth-order valence-electron chi connectivity index (χ4n) is 4.75. The number of amides is 2. The molecule has 0 saturated heterocycles. The van der Waals surface area contributed by atoms with Gasteiger partial charge in [-0.15, -0.1) is 0 Å². The molecular weight excluding hydrogens is 454 g/mol. The van der Waals surface area contributed by atoms with E-state index in [1.54, 1.807) is 4.90 Å². The first-order valence-electron chi connectivity index (χ1n) is 11.9. The number of aryl methyl sites for hydroxylation is 1. The summed E-state index contributed by atoms with van der Waals surface area (Å²) in [7, 11) is 2.00. The van der Waals surface area contributed by atoms with E-state index in [9.17, 15) is 9.59 Å². The van der Waals surface area contributed by atoms with Gasteiger partial charge in [0.05, 0.1) is 10.8 Å². The summed E-state index contributed by atoms with van der Waals surface area (Å²) in [6.07, 6.45) is 0. The number of thioether (sulfide) groups is 1. The molecule has 1 N–H and O–H groups in total. The number of rotatable bonds is 5. The quantitative estimate of drug-likeness (QED) is 0.390. The van der Waals surface area contributed by atoms with Crippen molar-refractivity contribution in [3.8, 4) is 0 Å². The lowest BCUT2D eigenvalue weighted by Gasteiger charge is -2.30. The fourth-order valence-corrected chi connectivity index (χ4v) is 5.82. The first kappa shape index (κ1) is 23.2. The Morgan fingerprint density at radius 1 is 1.00 bits per heavy atom. The standard InChI is InChI=1S/C29H29N3O2S/c1-19(2)21-13-15-22(16-14-21)32-25(33)18-35-29-26(23-11-7-8-12-24(23)31(29)3)27(32)28(34)30-17-20-9-5-4-6-10-20/h4-16,19,27H,17-18H2,1-3H3,(H,30,34)/t27-/m1/s1. The smallest absolute Gasteiger partial charge is 0.248 e. The molecule has 5 nitrogen and oxygen atoms in total. The molecule has 0 radical (unpaired) electrons. The molecule has 1 aliphatic heterocycles. The lowest BCUT2D eigenvalue weighted by molar-refractivity contribution is -0.125. The summed E-state index contributed by atoms with van der Waals surface area (Å²) in [4.78, 5) is 29.2. The van der Waals surface area contributed by atoms with Gasteiger partial charge in [0.2, 0.25) is 11.8 Å². The van der Waals surface area contributed by atoms with Crippen molar-refractivity contribution in [3.05, 3.63) is 95.6 Å². The lowest BCUT2D eigenvalue weighted by Crippen LogP contribution is -2.43. The van der Waals surface area contributed by atoms with Gasteiger partial charge in [0.25, 0.3) is 0 Å². The van der Waals surface area contributed by atoms with Crippen molar-refractivity contribution in [2.24, 2.45) is 7.05 Å². The molecular formula is C29H29N3O2S. The predicted octanol–water partition coefficient (Wildman–Crippen LogP) is 5.80. The highest BCUT2D eigenvalue weighted by molar-refractivity contribution is 8.00. The number of nitrogens with zero attached hydrogens (tertiary/aromatic N) is 2. The molecule has 0 saturated carbocycles. The second kappa shape index (κ2) is 9.62. The third-order valence-electron chi connectivity index (χ3n) is 6.62. The number of anilines is 1. The third-order valence-corrected chi connectivity index (χ3v) is 7.78. The van der Waals surface area contributed by atoms with Crippen LogP contribution in [-0.2, 0) is 23.2 Å². The van der Waals surface area contributed by atoms with Crippen molar-refractivity contribution in [1.82, 2.24) is 9.88 Å². The highest BCUT2D eigenvalue weighted by atomic mass is 32.2. The van der Waals surface area contributed by atoms with Crippen LogP contribution >= 0.6 is 11.8 Å². The molecule has 3 aromatic carbocycles. The van der Waals surface area contributed by atoms with Crippen molar-refractivity contribution in [3.63, 3.8) is 0 Å². The number of carbonyl (C=O) groups excluding carboxylic acids is 2. The maximum Gasteiger partial charge on any atom is 0.248 e. The Morgan fingerprint density at radius 3 is 2.40 bits per heavy atom. The average Bonchev–Trinajstić information content (AvgIpc) is 3.05. The summed E-state index contributed by atoms with van der Waals surface area (Å²) >= 11 is 1.50. The largest absolute Gasteiger partial charge is 0.350 e. The predicted molar refractivity (Wildman–Crippen MR) is 143 cm³/mol. The van der Waals surface area contributed by atoms with Gasteiger partial charge in [-0.05, 0) is 35.2 Å². The molecule has 5 rings (SSSR count). The Bertz CT molecular complexity index is 1380. The molecule has 0 aliphatic carbocycles. The number of fused-ring (bicyclic) bond motifs is 3. The maximum absolute atomic E-state index is 13.9. The van der Waals surface area contributed by atoms with Crippen LogP contribution in [0.1, 0.15) is 42.5 Å². The highest BCUT2D eigenvalue weighted by Crippen LogP contribution is 2.43. The van der Waals surface area contributed by atoms with Crippen molar-refractivity contribution in [1.29, 1.82) is 0 Å². The van der Waals surface area contributed by atoms with Gasteiger partial charge in [0.15, 0.2) is 0 Å². The van der Waals surface area contributed by atoms with Crippen molar-refractivity contribution >= 4 is 40.2 Å².